The Kier molecular flexibility index (Phi) is 15.0. The van der Waals surface area contributed by atoms with Gasteiger partial charge in [-0.15, -0.1) is 0 Å². The molecule has 3 aromatic heterocycles. The summed E-state index contributed by atoms with van der Waals surface area (Å²) in [5.41, 5.74) is 2.23. The Morgan fingerprint density at radius 2 is 0.431 bits per heavy atom. The summed E-state index contributed by atoms with van der Waals surface area (Å²) in [5.74, 6) is 0. The van der Waals surface area contributed by atoms with Crippen LogP contribution < -0.4 is 0 Å². The van der Waals surface area contributed by atoms with Gasteiger partial charge in [0.1, 0.15) is 0 Å². The fourth-order valence-corrected chi connectivity index (χ4v) is 11.7. The minimum atomic E-state index is -0.0739. The smallest absolute Gasteiger partial charge is 0.0940 e. The molecule has 8 bridgehead atoms. The largest absolute Gasteiger partial charge is 0.352 e. The third kappa shape index (κ3) is 8.29. The number of benzene rings is 4. The first-order chi connectivity index (χ1) is 30.4. The average Bonchev–Trinajstić information content (AvgIpc) is 3.91. The zero-order chi connectivity index (χ0) is 45.8. The molecular formula is C44H14Cl16FeN4. The quantitative estimate of drug-likeness (QED) is 0.173. The number of halogens is 16. The molecule has 0 unspecified atom stereocenters. The van der Waals surface area contributed by atoms with E-state index in [2.05, 4.69) is 9.97 Å². The molecule has 65 heavy (non-hydrogen) atoms. The number of nitrogens with one attached hydrogen (secondary N) is 2. The maximum absolute atomic E-state index is 7.31. The molecule has 5 heterocycles. The van der Waals surface area contributed by atoms with Crippen molar-refractivity contribution in [2.75, 3.05) is 0 Å². The molecule has 0 amide bonds. The van der Waals surface area contributed by atoms with Gasteiger partial charge < -0.3 is 9.97 Å². The molecule has 0 aliphatic carbocycles. The Balaban J connectivity index is 0.00000576. The maximum atomic E-state index is 7.31. The minimum absolute atomic E-state index is 0. The van der Waals surface area contributed by atoms with Gasteiger partial charge >= 0.3 is 0 Å². The Bertz CT molecular complexity index is 2960. The first-order valence-corrected chi connectivity index (χ1v) is 23.9. The zero-order valence-corrected chi connectivity index (χ0v) is 44.4. The fourth-order valence-electron chi connectivity index (χ4n) is 7.49. The molecule has 0 spiro atoms. The average molecular weight is 1220 g/mol. The molecule has 2 aliphatic rings. The van der Waals surface area contributed by atoms with Crippen molar-refractivity contribution in [2.45, 2.75) is 0 Å². The summed E-state index contributed by atoms with van der Waals surface area (Å²) in [6.45, 7) is 0. The number of fused-ring (bicyclic) bond motifs is 8. The number of nitrogens with zero attached hydrogens (tertiary/aromatic N) is 2. The Hall–Kier alpha value is -1.36. The predicted octanol–water partition coefficient (Wildman–Crippen LogP) is 21.4. The SMILES string of the molecule is ClC1=C(Cl)c2nc1c(-c1c(Cl)cccc1Cl)c1[nH]c(c(Cl)c1Cl)c(-c1c(Cl)cccc1Cl)c1nc(c(-c3c(Cl)cccc3Cl)c3[nH]c(c(Cl)c3Cl)c2-c2c(Cl)cccc2Cl)C(Cl)=C1Cl.[Fe]. The predicted molar refractivity (Wildman–Crippen MR) is 280 cm³/mol. The van der Waals surface area contributed by atoms with E-state index in [1.54, 1.807) is 72.8 Å². The molecule has 4 nitrogen and oxygen atoms in total. The van der Waals surface area contributed by atoms with E-state index >= 15 is 0 Å². The van der Waals surface area contributed by atoms with Gasteiger partial charge in [-0.2, -0.15) is 0 Å². The van der Waals surface area contributed by atoms with Crippen LogP contribution in [-0.4, -0.2) is 19.9 Å². The second kappa shape index (κ2) is 19.4. The molecular weight excluding hydrogens is 1210 g/mol. The number of H-pyrrole nitrogens is 2. The molecule has 0 radical (unpaired) electrons. The van der Waals surface area contributed by atoms with Crippen LogP contribution in [0, 0.1) is 0 Å². The van der Waals surface area contributed by atoms with Crippen molar-refractivity contribution >= 4 is 228 Å². The van der Waals surface area contributed by atoms with Gasteiger partial charge in [0, 0.05) is 61.6 Å². The molecule has 4 aromatic carbocycles. The number of aromatic amines is 2. The van der Waals surface area contributed by atoms with Gasteiger partial charge in [-0.25, -0.2) is 9.97 Å². The van der Waals surface area contributed by atoms with E-state index in [4.69, 9.17) is 196 Å². The van der Waals surface area contributed by atoms with Gasteiger partial charge in [-0.3, -0.25) is 0 Å². The summed E-state index contributed by atoms with van der Waals surface area (Å²) >= 11 is 114. The van der Waals surface area contributed by atoms with Crippen molar-refractivity contribution in [3.63, 3.8) is 0 Å². The van der Waals surface area contributed by atoms with Crippen molar-refractivity contribution in [3.05, 3.63) is 156 Å². The number of aromatic nitrogens is 4. The van der Waals surface area contributed by atoms with Crippen LogP contribution >= 0.6 is 186 Å². The molecule has 9 rings (SSSR count). The van der Waals surface area contributed by atoms with Gasteiger partial charge in [-0.1, -0.05) is 210 Å². The van der Waals surface area contributed by atoms with Gasteiger partial charge in [-0.05, 0) is 48.5 Å². The van der Waals surface area contributed by atoms with Crippen LogP contribution in [0.5, 0.6) is 0 Å². The van der Waals surface area contributed by atoms with E-state index in [1.165, 1.54) is 0 Å². The number of rotatable bonds is 4. The van der Waals surface area contributed by atoms with Crippen LogP contribution in [-0.2, 0) is 17.1 Å². The van der Waals surface area contributed by atoms with Crippen LogP contribution in [0.2, 0.25) is 60.3 Å². The van der Waals surface area contributed by atoms with E-state index in [1.807, 2.05) is 0 Å². The van der Waals surface area contributed by atoms with Gasteiger partial charge in [0.05, 0.1) is 125 Å². The van der Waals surface area contributed by atoms with Gasteiger partial charge in [0.2, 0.25) is 0 Å². The number of hydrogen-bond donors (Lipinski definition) is 2. The number of hydrogen-bond acceptors (Lipinski definition) is 2. The summed E-state index contributed by atoms with van der Waals surface area (Å²) in [6, 6.07) is 19.6. The molecule has 0 fully saturated rings. The summed E-state index contributed by atoms with van der Waals surface area (Å²) in [6.07, 6.45) is 0. The normalized spacial score (nSPS) is 12.7. The van der Waals surface area contributed by atoms with E-state index in [-0.39, 0.29) is 187 Å². The van der Waals surface area contributed by atoms with Crippen molar-refractivity contribution in [1.29, 1.82) is 0 Å². The molecule has 0 saturated carbocycles. The summed E-state index contributed by atoms with van der Waals surface area (Å²) in [5, 5.41) is 0.935. The molecule has 330 valence electrons. The third-order valence-electron chi connectivity index (χ3n) is 10.2. The van der Waals surface area contributed by atoms with Crippen LogP contribution in [0.15, 0.2) is 72.8 Å². The van der Waals surface area contributed by atoms with Crippen LogP contribution in [0.1, 0.15) is 22.8 Å². The molecule has 0 saturated heterocycles. The molecule has 21 heteroatoms. The maximum Gasteiger partial charge on any atom is 0.0940 e. The van der Waals surface area contributed by atoms with Crippen LogP contribution in [0.4, 0.5) is 0 Å². The first kappa shape index (κ1) is 50.0. The van der Waals surface area contributed by atoms with Gasteiger partial charge in [0.25, 0.3) is 0 Å². The minimum Gasteiger partial charge on any atom is -0.352 e. The first-order valence-electron chi connectivity index (χ1n) is 17.9. The van der Waals surface area contributed by atoms with Crippen molar-refractivity contribution < 1.29 is 17.1 Å². The molecule has 7 aromatic rings. The van der Waals surface area contributed by atoms with Crippen LogP contribution in [0.25, 0.3) is 86.7 Å². The molecule has 0 atom stereocenters. The summed E-state index contributed by atoms with van der Waals surface area (Å²) in [4.78, 5) is 17.0. The fraction of sp³-hybridized carbons (Fsp3) is 0. The monoisotopic (exact) mass is 1210 g/mol. The Morgan fingerprint density at radius 3 is 0.600 bits per heavy atom. The van der Waals surface area contributed by atoms with E-state index in [9.17, 15) is 0 Å². The Morgan fingerprint density at radius 1 is 0.262 bits per heavy atom. The molecule has 2 aliphatic heterocycles. The zero-order valence-electron chi connectivity index (χ0n) is 31.2. The van der Waals surface area contributed by atoms with E-state index in [0.717, 1.165) is 0 Å². The van der Waals surface area contributed by atoms with Crippen LogP contribution in [0.3, 0.4) is 0 Å². The topological polar surface area (TPSA) is 57.4 Å². The third-order valence-corrected chi connectivity index (χ3v) is 16.1. The molecule has 2 N–H and O–H groups in total. The van der Waals surface area contributed by atoms with Crippen molar-refractivity contribution in [2.24, 2.45) is 0 Å². The second-order valence-electron chi connectivity index (χ2n) is 13.8. The Labute approximate surface area is 459 Å². The summed E-state index contributed by atoms with van der Waals surface area (Å²) in [7, 11) is 0. The summed E-state index contributed by atoms with van der Waals surface area (Å²) < 4.78 is 0. The van der Waals surface area contributed by atoms with E-state index in [0.29, 0.717) is 0 Å². The standard InChI is InChI=1S/C44H14Cl16N4.Fe/c45-13-5-1-6-14(46)21(13)25-37-29(53)31(55)39(61-37)26(22-15(47)7-2-8-16(22)48)41-33(57)35(59)43(63-41)28(24-19(51)11-4-12-20(24)52)44-36(60)34(58)42(64-44)27(23-17(49)9-3-10-18(23)50)40-32(56)30(54)38(25)62-40;/h1-12,61,64H;. The van der Waals surface area contributed by atoms with Gasteiger partial charge in [0.15, 0.2) is 0 Å². The van der Waals surface area contributed by atoms with Crippen molar-refractivity contribution in [1.82, 2.24) is 19.9 Å². The van der Waals surface area contributed by atoms with E-state index < -0.39 is 0 Å². The second-order valence-corrected chi connectivity index (χ2v) is 20.0. The van der Waals surface area contributed by atoms with Crippen molar-refractivity contribution in [3.8, 4) is 44.5 Å².